The first-order chi connectivity index (χ1) is 13.7. The number of carbonyl (C=O) groups is 1. The number of hydrogen-bond donors (Lipinski definition) is 2. The lowest BCUT2D eigenvalue weighted by Crippen LogP contribution is -2.48. The summed E-state index contributed by atoms with van der Waals surface area (Å²) in [4.78, 5) is 15.8. The van der Waals surface area contributed by atoms with Gasteiger partial charge in [-0.25, -0.2) is 21.8 Å². The molecule has 0 saturated carbocycles. The average Bonchev–Trinajstić information content (AvgIpc) is 2.66. The number of halogens is 4. The molecule has 156 valence electrons. The molecule has 1 atom stereocenters. The van der Waals surface area contributed by atoms with E-state index >= 15 is 0 Å². The lowest BCUT2D eigenvalue weighted by atomic mass is 10.1. The number of hydrogen-bond acceptors (Lipinski definition) is 3. The van der Waals surface area contributed by atoms with Crippen LogP contribution in [-0.4, -0.2) is 50.6 Å². The highest BCUT2D eigenvalue weighted by molar-refractivity contribution is 7.80. The number of piperazine rings is 1. The Morgan fingerprint density at radius 3 is 2.17 bits per heavy atom. The Morgan fingerprint density at radius 1 is 1.00 bits per heavy atom. The van der Waals surface area contributed by atoms with Crippen LogP contribution in [0.2, 0.25) is 0 Å². The first-order valence-electron chi connectivity index (χ1n) is 8.56. The molecular formula is C18H17F4N3O3S. The van der Waals surface area contributed by atoms with Crippen LogP contribution in [0.3, 0.4) is 0 Å². The summed E-state index contributed by atoms with van der Waals surface area (Å²) in [6.45, 7) is 1.49. The maximum Gasteiger partial charge on any atom is 0.259 e. The van der Waals surface area contributed by atoms with Crippen molar-refractivity contribution in [3.05, 3.63) is 64.7 Å². The molecule has 0 aromatic heterocycles. The molecule has 29 heavy (non-hydrogen) atoms. The molecular weight excluding hydrogens is 414 g/mol. The Labute approximate surface area is 166 Å². The summed E-state index contributed by atoms with van der Waals surface area (Å²) >= 11 is -2.36. The predicted molar refractivity (Wildman–Crippen MR) is 98.3 cm³/mol. The van der Waals surface area contributed by atoms with E-state index < -0.39 is 40.4 Å². The first kappa shape index (κ1) is 21.2. The van der Waals surface area contributed by atoms with Crippen LogP contribution in [0.1, 0.15) is 15.9 Å². The van der Waals surface area contributed by atoms with Crippen LogP contribution in [0, 0.1) is 23.3 Å². The summed E-state index contributed by atoms with van der Waals surface area (Å²) < 4.78 is 75.5. The van der Waals surface area contributed by atoms with Gasteiger partial charge in [-0.2, -0.15) is 0 Å². The molecule has 6 nitrogen and oxygen atoms in total. The van der Waals surface area contributed by atoms with Crippen LogP contribution in [-0.2, 0) is 17.8 Å². The number of nitrogens with one attached hydrogen (secondary N) is 1. The minimum atomic E-state index is -2.36. The van der Waals surface area contributed by atoms with Gasteiger partial charge in [0.25, 0.3) is 17.2 Å². The van der Waals surface area contributed by atoms with E-state index in [0.717, 1.165) is 18.2 Å². The zero-order valence-electron chi connectivity index (χ0n) is 15.0. The molecule has 1 fully saturated rings. The van der Waals surface area contributed by atoms with E-state index in [1.807, 2.05) is 4.90 Å². The topological polar surface area (TPSA) is 72.9 Å². The molecule has 1 saturated heterocycles. The quantitative estimate of drug-likeness (QED) is 0.434. The fourth-order valence-corrected chi connectivity index (χ4v) is 3.42. The van der Waals surface area contributed by atoms with Crippen LogP contribution >= 0.6 is 0 Å². The van der Waals surface area contributed by atoms with Crippen molar-refractivity contribution < 1.29 is 31.1 Å². The molecule has 2 aromatic carbocycles. The molecule has 0 aliphatic carbocycles. The van der Waals surface area contributed by atoms with E-state index in [4.69, 9.17) is 4.55 Å². The summed E-state index contributed by atoms with van der Waals surface area (Å²) in [6.07, 6.45) is 0. The number of rotatable bonds is 5. The highest BCUT2D eigenvalue weighted by atomic mass is 32.2. The molecule has 3 rings (SSSR count). The van der Waals surface area contributed by atoms with Crippen LogP contribution in [0.15, 0.2) is 30.3 Å². The maximum atomic E-state index is 14.2. The van der Waals surface area contributed by atoms with Crippen molar-refractivity contribution in [3.63, 3.8) is 0 Å². The largest absolute Gasteiger partial charge is 0.336 e. The second-order valence-electron chi connectivity index (χ2n) is 6.49. The van der Waals surface area contributed by atoms with Crippen molar-refractivity contribution in [2.45, 2.75) is 6.54 Å². The number of amides is 1. The number of anilines is 1. The zero-order chi connectivity index (χ0) is 21.1. The van der Waals surface area contributed by atoms with Gasteiger partial charge in [0.1, 0.15) is 5.82 Å². The van der Waals surface area contributed by atoms with Crippen molar-refractivity contribution in [2.75, 3.05) is 30.9 Å². The lowest BCUT2D eigenvalue weighted by molar-refractivity contribution is 0.0624. The van der Waals surface area contributed by atoms with Gasteiger partial charge in [0, 0.05) is 32.7 Å². The molecule has 1 aliphatic rings. The molecule has 0 spiro atoms. The van der Waals surface area contributed by atoms with E-state index in [0.29, 0.717) is 13.1 Å². The molecule has 1 aliphatic heterocycles. The standard InChI is InChI=1S/C18H17F4N3O3S/c19-14-9-12(23-29(27)28)1-2-13(14)18(26)25-5-3-24(4-6-25)10-11-7-15(20)17(22)16(21)8-11/h1-2,7-9,23H,3-6,10H2,(H,27,28). The molecule has 0 radical (unpaired) electrons. The maximum absolute atomic E-state index is 14.2. The predicted octanol–water partition coefficient (Wildman–Crippen LogP) is 2.75. The molecule has 1 unspecified atom stereocenters. The zero-order valence-corrected chi connectivity index (χ0v) is 15.8. The van der Waals surface area contributed by atoms with Crippen LogP contribution in [0.4, 0.5) is 23.2 Å². The van der Waals surface area contributed by atoms with E-state index in [2.05, 4.69) is 4.72 Å². The van der Waals surface area contributed by atoms with Crippen LogP contribution in [0.5, 0.6) is 0 Å². The highest BCUT2D eigenvalue weighted by Gasteiger charge is 2.25. The number of benzene rings is 2. The third-order valence-electron chi connectivity index (χ3n) is 4.51. The SMILES string of the molecule is O=C(c1ccc(NS(=O)O)cc1F)N1CCN(Cc2cc(F)c(F)c(F)c2)CC1. The molecule has 2 aromatic rings. The van der Waals surface area contributed by atoms with E-state index in [1.165, 1.54) is 17.0 Å². The van der Waals surface area contributed by atoms with Gasteiger partial charge in [-0.3, -0.25) is 19.0 Å². The van der Waals surface area contributed by atoms with Crippen molar-refractivity contribution in [3.8, 4) is 0 Å². The van der Waals surface area contributed by atoms with E-state index in [9.17, 15) is 26.6 Å². The summed E-state index contributed by atoms with van der Waals surface area (Å²) in [5.41, 5.74) is 0.162. The molecule has 1 heterocycles. The van der Waals surface area contributed by atoms with Crippen molar-refractivity contribution in [1.82, 2.24) is 9.80 Å². The van der Waals surface area contributed by atoms with Gasteiger partial charge in [-0.1, -0.05) is 0 Å². The number of carbonyl (C=O) groups excluding carboxylic acids is 1. The van der Waals surface area contributed by atoms with Crippen LogP contribution < -0.4 is 4.72 Å². The summed E-state index contributed by atoms with van der Waals surface area (Å²) in [5.74, 6) is -5.39. The first-order valence-corrected chi connectivity index (χ1v) is 9.67. The monoisotopic (exact) mass is 431 g/mol. The summed E-state index contributed by atoms with van der Waals surface area (Å²) in [5, 5.41) is 0. The van der Waals surface area contributed by atoms with Gasteiger partial charge in [0.05, 0.1) is 11.3 Å². The second kappa shape index (κ2) is 8.89. The molecule has 2 N–H and O–H groups in total. The Morgan fingerprint density at radius 2 is 1.62 bits per heavy atom. The van der Waals surface area contributed by atoms with E-state index in [-0.39, 0.29) is 36.4 Å². The second-order valence-corrected chi connectivity index (χ2v) is 7.19. The van der Waals surface area contributed by atoms with Crippen molar-refractivity contribution in [2.24, 2.45) is 0 Å². The Kier molecular flexibility index (Phi) is 6.50. The lowest BCUT2D eigenvalue weighted by Gasteiger charge is -2.34. The van der Waals surface area contributed by atoms with E-state index in [1.54, 1.807) is 0 Å². The molecule has 11 heteroatoms. The van der Waals surface area contributed by atoms with Crippen molar-refractivity contribution in [1.29, 1.82) is 0 Å². The number of nitrogens with zero attached hydrogens (tertiary/aromatic N) is 2. The fourth-order valence-electron chi connectivity index (χ4n) is 3.09. The van der Waals surface area contributed by atoms with Gasteiger partial charge < -0.3 is 4.90 Å². The molecule has 1 amide bonds. The molecule has 0 bridgehead atoms. The Balaban J connectivity index is 1.60. The highest BCUT2D eigenvalue weighted by Crippen LogP contribution is 2.19. The van der Waals surface area contributed by atoms with Gasteiger partial charge in [-0.05, 0) is 35.9 Å². The Bertz CT molecular complexity index is 929. The summed E-state index contributed by atoms with van der Waals surface area (Å²) in [6, 6.07) is 5.36. The van der Waals surface area contributed by atoms with Gasteiger partial charge in [0.2, 0.25) is 0 Å². The fraction of sp³-hybridized carbons (Fsp3) is 0.278. The smallest absolute Gasteiger partial charge is 0.259 e. The minimum absolute atomic E-state index is 0.0588. The minimum Gasteiger partial charge on any atom is -0.336 e. The van der Waals surface area contributed by atoms with Gasteiger partial charge in [0.15, 0.2) is 17.5 Å². The van der Waals surface area contributed by atoms with Gasteiger partial charge in [-0.15, -0.1) is 0 Å². The van der Waals surface area contributed by atoms with Crippen molar-refractivity contribution >= 4 is 22.9 Å². The summed E-state index contributed by atoms with van der Waals surface area (Å²) in [7, 11) is 0. The normalized spacial score (nSPS) is 16.0. The average molecular weight is 431 g/mol. The van der Waals surface area contributed by atoms with Gasteiger partial charge >= 0.3 is 0 Å². The third kappa shape index (κ3) is 5.11. The third-order valence-corrected chi connectivity index (χ3v) is 4.92. The Hall–Kier alpha value is -2.50. The van der Waals surface area contributed by atoms with Crippen LogP contribution in [0.25, 0.3) is 0 Å².